The average molecular weight is 335 g/mol. The minimum Gasteiger partial charge on any atom is -0.481 e. The van der Waals surface area contributed by atoms with Crippen LogP contribution in [0.25, 0.3) is 11.1 Å². The summed E-state index contributed by atoms with van der Waals surface area (Å²) < 4.78 is 18.6. The second kappa shape index (κ2) is 5.89. The van der Waals surface area contributed by atoms with Crippen molar-refractivity contribution in [2.24, 2.45) is 0 Å². The number of carboxylic acids is 1. The molecule has 1 aromatic heterocycles. The van der Waals surface area contributed by atoms with Crippen LogP contribution in [-0.2, 0) is 4.79 Å². The van der Waals surface area contributed by atoms with Gasteiger partial charge in [-0.3, -0.25) is 4.79 Å². The van der Waals surface area contributed by atoms with Crippen LogP contribution >= 0.6 is 11.6 Å². The largest absolute Gasteiger partial charge is 0.481 e. The molecule has 7 heteroatoms. The zero-order valence-electron chi connectivity index (χ0n) is 12.0. The van der Waals surface area contributed by atoms with Crippen molar-refractivity contribution >= 4 is 40.4 Å². The van der Waals surface area contributed by atoms with Crippen LogP contribution in [0.2, 0.25) is 5.02 Å². The number of anilines is 2. The highest BCUT2D eigenvalue weighted by molar-refractivity contribution is 6.33. The molecule has 0 spiro atoms. The van der Waals surface area contributed by atoms with Gasteiger partial charge >= 0.3 is 5.97 Å². The Morgan fingerprint density at radius 2 is 2.13 bits per heavy atom. The lowest BCUT2D eigenvalue weighted by Crippen LogP contribution is -2.07. The molecule has 1 heterocycles. The molecule has 0 saturated heterocycles. The summed E-state index contributed by atoms with van der Waals surface area (Å²) in [5.74, 6) is -1.99. The van der Waals surface area contributed by atoms with Crippen molar-refractivity contribution in [2.75, 3.05) is 5.32 Å². The number of carbonyl (C=O) groups is 1. The highest BCUT2D eigenvalue weighted by atomic mass is 35.5. The van der Waals surface area contributed by atoms with Crippen LogP contribution in [0.3, 0.4) is 0 Å². The number of oxazole rings is 1. The molecule has 0 aliphatic rings. The normalized spacial score (nSPS) is 12.3. The van der Waals surface area contributed by atoms with Gasteiger partial charge in [0.1, 0.15) is 11.3 Å². The molecule has 0 fully saturated rings. The Morgan fingerprint density at radius 1 is 1.35 bits per heavy atom. The number of hydrogen-bond acceptors (Lipinski definition) is 4. The smallest absolute Gasteiger partial charge is 0.310 e. The third-order valence-corrected chi connectivity index (χ3v) is 3.77. The number of rotatable bonds is 4. The van der Waals surface area contributed by atoms with E-state index in [4.69, 9.17) is 21.1 Å². The topological polar surface area (TPSA) is 75.4 Å². The summed E-state index contributed by atoms with van der Waals surface area (Å²) in [6.45, 7) is 1.58. The monoisotopic (exact) mass is 334 g/mol. The first-order valence-corrected chi connectivity index (χ1v) is 7.17. The van der Waals surface area contributed by atoms with E-state index < -0.39 is 17.7 Å². The highest BCUT2D eigenvalue weighted by Crippen LogP contribution is 2.30. The molecule has 0 saturated carbocycles. The fourth-order valence-electron chi connectivity index (χ4n) is 2.11. The van der Waals surface area contributed by atoms with Crippen LogP contribution in [0, 0.1) is 5.82 Å². The SMILES string of the molecule is CC(C(=O)O)c1ccc(Nc2nc3cc(F)ccc3o2)c(Cl)c1. The molecule has 1 unspecified atom stereocenters. The Hall–Kier alpha value is -2.60. The number of fused-ring (bicyclic) bond motifs is 1. The van der Waals surface area contributed by atoms with Gasteiger partial charge in [0.2, 0.25) is 0 Å². The average Bonchev–Trinajstić information content (AvgIpc) is 2.89. The van der Waals surface area contributed by atoms with Crippen molar-refractivity contribution < 1.29 is 18.7 Å². The summed E-state index contributed by atoms with van der Waals surface area (Å²) in [6, 6.07) is 9.09. The summed E-state index contributed by atoms with van der Waals surface area (Å²) in [7, 11) is 0. The Morgan fingerprint density at radius 3 is 2.83 bits per heavy atom. The molecule has 3 aromatic rings. The quantitative estimate of drug-likeness (QED) is 0.732. The van der Waals surface area contributed by atoms with Gasteiger partial charge in [-0.05, 0) is 36.8 Å². The molecule has 5 nitrogen and oxygen atoms in total. The van der Waals surface area contributed by atoms with Crippen molar-refractivity contribution in [3.8, 4) is 0 Å². The predicted molar refractivity (Wildman–Crippen MR) is 84.8 cm³/mol. The van der Waals surface area contributed by atoms with E-state index >= 15 is 0 Å². The number of carboxylic acid groups (broad SMARTS) is 1. The lowest BCUT2D eigenvalue weighted by atomic mass is 10.0. The molecule has 3 rings (SSSR count). The summed E-state index contributed by atoms with van der Waals surface area (Å²) in [5.41, 5.74) is 1.94. The molecule has 0 bridgehead atoms. The number of benzene rings is 2. The molecule has 1 atom stereocenters. The Balaban J connectivity index is 1.88. The minimum atomic E-state index is -0.928. The van der Waals surface area contributed by atoms with Crippen molar-refractivity contribution in [2.45, 2.75) is 12.8 Å². The lowest BCUT2D eigenvalue weighted by molar-refractivity contribution is -0.138. The van der Waals surface area contributed by atoms with E-state index in [-0.39, 0.29) is 6.01 Å². The Bertz CT molecular complexity index is 894. The van der Waals surface area contributed by atoms with Crippen LogP contribution in [-0.4, -0.2) is 16.1 Å². The van der Waals surface area contributed by atoms with Crippen molar-refractivity contribution in [1.82, 2.24) is 4.98 Å². The number of halogens is 2. The third-order valence-electron chi connectivity index (χ3n) is 3.45. The Labute approximate surface area is 135 Å². The maximum Gasteiger partial charge on any atom is 0.310 e. The molecular weight excluding hydrogens is 323 g/mol. The van der Waals surface area contributed by atoms with E-state index in [2.05, 4.69) is 10.3 Å². The summed E-state index contributed by atoms with van der Waals surface area (Å²) in [5, 5.41) is 12.3. The number of aliphatic carboxylic acids is 1. The zero-order chi connectivity index (χ0) is 16.6. The molecule has 0 amide bonds. The summed E-state index contributed by atoms with van der Waals surface area (Å²) in [6.07, 6.45) is 0. The van der Waals surface area contributed by atoms with Gasteiger partial charge in [-0.15, -0.1) is 0 Å². The van der Waals surface area contributed by atoms with Crippen LogP contribution in [0.1, 0.15) is 18.4 Å². The fourth-order valence-corrected chi connectivity index (χ4v) is 2.35. The number of hydrogen-bond donors (Lipinski definition) is 2. The second-order valence-corrected chi connectivity index (χ2v) is 5.46. The van der Waals surface area contributed by atoms with Crippen LogP contribution < -0.4 is 5.32 Å². The van der Waals surface area contributed by atoms with Gasteiger partial charge in [-0.2, -0.15) is 4.98 Å². The van der Waals surface area contributed by atoms with Crippen molar-refractivity contribution in [1.29, 1.82) is 0 Å². The lowest BCUT2D eigenvalue weighted by Gasteiger charge is -2.10. The Kier molecular flexibility index (Phi) is 3.92. The third kappa shape index (κ3) is 3.12. The molecule has 0 aliphatic heterocycles. The first kappa shape index (κ1) is 15.3. The van der Waals surface area contributed by atoms with E-state index in [0.717, 1.165) is 0 Å². The maximum atomic E-state index is 13.2. The molecule has 2 aromatic carbocycles. The van der Waals surface area contributed by atoms with Gasteiger partial charge in [0.05, 0.1) is 16.6 Å². The molecule has 118 valence electrons. The number of aromatic nitrogens is 1. The number of nitrogens with zero attached hydrogens (tertiary/aromatic N) is 1. The van der Waals surface area contributed by atoms with Crippen LogP contribution in [0.4, 0.5) is 16.1 Å². The molecule has 23 heavy (non-hydrogen) atoms. The summed E-state index contributed by atoms with van der Waals surface area (Å²) in [4.78, 5) is 15.1. The second-order valence-electron chi connectivity index (χ2n) is 5.06. The fraction of sp³-hybridized carbons (Fsp3) is 0.125. The minimum absolute atomic E-state index is 0.173. The van der Waals surface area contributed by atoms with Gasteiger partial charge in [-0.1, -0.05) is 17.7 Å². The van der Waals surface area contributed by atoms with Gasteiger partial charge < -0.3 is 14.8 Å². The van der Waals surface area contributed by atoms with E-state index in [1.807, 2.05) is 0 Å². The first-order chi connectivity index (χ1) is 10.9. The predicted octanol–water partition coefficient (Wildman–Crippen LogP) is 4.55. The van der Waals surface area contributed by atoms with Crippen molar-refractivity contribution in [3.63, 3.8) is 0 Å². The molecular formula is C16H12ClFN2O3. The van der Waals surface area contributed by atoms with E-state index in [0.29, 0.717) is 27.4 Å². The van der Waals surface area contributed by atoms with E-state index in [1.54, 1.807) is 25.1 Å². The van der Waals surface area contributed by atoms with Crippen LogP contribution in [0.5, 0.6) is 0 Å². The van der Waals surface area contributed by atoms with Crippen LogP contribution in [0.15, 0.2) is 40.8 Å². The van der Waals surface area contributed by atoms with Gasteiger partial charge in [0.25, 0.3) is 6.01 Å². The number of nitrogens with one attached hydrogen (secondary N) is 1. The van der Waals surface area contributed by atoms with Gasteiger partial charge in [0, 0.05) is 6.07 Å². The van der Waals surface area contributed by atoms with Crippen molar-refractivity contribution in [3.05, 3.63) is 52.8 Å². The molecule has 0 radical (unpaired) electrons. The maximum absolute atomic E-state index is 13.2. The van der Waals surface area contributed by atoms with Gasteiger partial charge in [0.15, 0.2) is 5.58 Å². The standard InChI is InChI=1S/C16H12ClFN2O3/c1-8(15(21)22)9-2-4-12(11(17)6-9)19-16-20-13-7-10(18)3-5-14(13)23-16/h2-8H,1H3,(H,19,20)(H,21,22). The molecule has 0 aliphatic carbocycles. The summed E-state index contributed by atoms with van der Waals surface area (Å²) >= 11 is 6.17. The van der Waals surface area contributed by atoms with Gasteiger partial charge in [-0.25, -0.2) is 4.39 Å². The van der Waals surface area contributed by atoms with E-state index in [9.17, 15) is 9.18 Å². The highest BCUT2D eigenvalue weighted by Gasteiger charge is 2.15. The zero-order valence-corrected chi connectivity index (χ0v) is 12.8. The molecule has 2 N–H and O–H groups in total. The first-order valence-electron chi connectivity index (χ1n) is 6.79. The van der Waals surface area contributed by atoms with E-state index in [1.165, 1.54) is 18.2 Å².